The zero-order chi connectivity index (χ0) is 16.6. The number of rotatable bonds is 3. The summed E-state index contributed by atoms with van der Waals surface area (Å²) in [5, 5.41) is 0. The first-order valence-electron chi connectivity index (χ1n) is 5.80. The molecule has 1 nitrogen and oxygen atoms in total. The fourth-order valence-corrected chi connectivity index (χ4v) is 1.90. The maximum atomic E-state index is 13.9. The minimum atomic E-state index is -1.98. The largest absolute Gasteiger partial charge is 0.491 e. The second kappa shape index (κ2) is 5.90. The first-order chi connectivity index (χ1) is 10.3. The molecule has 0 saturated heterocycles. The highest BCUT2D eigenvalue weighted by molar-refractivity contribution is 6.67. The van der Waals surface area contributed by atoms with Gasteiger partial charge in [-0.15, -0.1) is 0 Å². The van der Waals surface area contributed by atoms with Gasteiger partial charge in [0.15, 0.2) is 34.8 Å². The predicted octanol–water partition coefficient (Wildman–Crippen LogP) is 2.06. The quantitative estimate of drug-likeness (QED) is 0.364. The van der Waals surface area contributed by atoms with E-state index in [1.54, 1.807) is 0 Å². The molecule has 0 atom stereocenters. The van der Waals surface area contributed by atoms with E-state index in [-0.39, 0.29) is 12.1 Å². The first-order valence-corrected chi connectivity index (χ1v) is 5.80. The molecule has 0 radical (unpaired) electrons. The molecule has 0 bridgehead atoms. The molecule has 0 aliphatic carbocycles. The monoisotopic (exact) mass is 322 g/mol. The summed E-state index contributed by atoms with van der Waals surface area (Å²) in [6.07, 6.45) is 0. The van der Waals surface area contributed by atoms with Gasteiger partial charge in [-0.3, -0.25) is 0 Å². The summed E-state index contributed by atoms with van der Waals surface area (Å²) in [5.41, 5.74) is -2.03. The second-order valence-electron chi connectivity index (χ2n) is 4.29. The predicted molar refractivity (Wildman–Crippen MR) is 65.6 cm³/mol. The van der Waals surface area contributed by atoms with Gasteiger partial charge in [-0.1, -0.05) is 0 Å². The third kappa shape index (κ3) is 2.62. The molecule has 0 amide bonds. The van der Waals surface area contributed by atoms with Gasteiger partial charge in [-0.2, -0.15) is 0 Å². The van der Waals surface area contributed by atoms with Crippen molar-refractivity contribution < 1.29 is 35.5 Å². The molecule has 2 rings (SSSR count). The Morgan fingerprint density at radius 3 is 1.73 bits per heavy atom. The zero-order valence-corrected chi connectivity index (χ0v) is 10.9. The molecule has 22 heavy (non-hydrogen) atoms. The van der Waals surface area contributed by atoms with Gasteiger partial charge in [0.25, 0.3) is 0 Å². The maximum Gasteiger partial charge on any atom is 0.208 e. The molecule has 0 saturated carbocycles. The maximum absolute atomic E-state index is 13.9. The van der Waals surface area contributed by atoms with Crippen LogP contribution in [0.25, 0.3) is 0 Å². The first kappa shape index (κ1) is 16.2. The van der Waals surface area contributed by atoms with Crippen LogP contribution in [-0.2, 0) is 0 Å². The van der Waals surface area contributed by atoms with Crippen molar-refractivity contribution >= 4 is 18.2 Å². The Morgan fingerprint density at radius 1 is 0.682 bits per heavy atom. The summed E-state index contributed by atoms with van der Waals surface area (Å²) in [6.45, 7) is 0. The molecule has 0 N–H and O–H groups in total. The summed E-state index contributed by atoms with van der Waals surface area (Å²) in [4.78, 5) is 0. The van der Waals surface area contributed by atoms with Crippen LogP contribution >= 0.6 is 0 Å². The average molecular weight is 322 g/mol. The van der Waals surface area contributed by atoms with Crippen molar-refractivity contribution in [3.63, 3.8) is 0 Å². The Kier molecular flexibility index (Phi) is 4.34. The highest BCUT2D eigenvalue weighted by Gasteiger charge is 2.25. The number of ether oxygens (including phenoxy) is 1. The second-order valence-corrected chi connectivity index (χ2v) is 4.29. The van der Waals surface area contributed by atoms with Gasteiger partial charge in [0.2, 0.25) is 7.28 Å². The van der Waals surface area contributed by atoms with Gasteiger partial charge in [-0.05, 0) is 10.9 Å². The zero-order valence-electron chi connectivity index (χ0n) is 10.9. The van der Waals surface area contributed by atoms with Crippen LogP contribution in [0.4, 0.5) is 30.7 Å². The fourth-order valence-electron chi connectivity index (χ4n) is 1.90. The number of halogens is 7. The molecule has 116 valence electrons. The fraction of sp³-hybridized carbons (Fsp3) is 0.0769. The minimum absolute atomic E-state index is 0.0459. The molecule has 0 fully saturated rings. The molecule has 0 aliphatic rings. The van der Waals surface area contributed by atoms with E-state index in [2.05, 4.69) is 4.74 Å². The van der Waals surface area contributed by atoms with E-state index < -0.39 is 64.7 Å². The number of methoxy groups -OCH3 is 1. The molecular formula is C13H6BF7O. The van der Waals surface area contributed by atoms with Crippen LogP contribution in [0.15, 0.2) is 12.1 Å². The summed E-state index contributed by atoms with van der Waals surface area (Å²) >= 11 is 0. The molecule has 0 heterocycles. The van der Waals surface area contributed by atoms with Gasteiger partial charge >= 0.3 is 0 Å². The Hall–Kier alpha value is -2.19. The van der Waals surface area contributed by atoms with Crippen molar-refractivity contribution in [3.05, 3.63) is 52.9 Å². The normalized spacial score (nSPS) is 10.7. The van der Waals surface area contributed by atoms with E-state index in [9.17, 15) is 30.7 Å². The van der Waals surface area contributed by atoms with E-state index >= 15 is 0 Å². The van der Waals surface area contributed by atoms with Crippen molar-refractivity contribution in [2.45, 2.75) is 0 Å². The van der Waals surface area contributed by atoms with Crippen LogP contribution in [-0.4, -0.2) is 14.4 Å². The number of benzene rings is 2. The molecule has 0 spiro atoms. The van der Waals surface area contributed by atoms with E-state index in [0.29, 0.717) is 0 Å². The van der Waals surface area contributed by atoms with Crippen molar-refractivity contribution in [2.75, 3.05) is 7.11 Å². The van der Waals surface area contributed by atoms with Gasteiger partial charge < -0.3 is 4.74 Å². The van der Waals surface area contributed by atoms with Gasteiger partial charge in [0.05, 0.1) is 7.11 Å². The van der Waals surface area contributed by atoms with Crippen LogP contribution in [0.5, 0.6) is 5.75 Å². The lowest BCUT2D eigenvalue weighted by Crippen LogP contribution is -2.37. The smallest absolute Gasteiger partial charge is 0.208 e. The third-order valence-electron chi connectivity index (χ3n) is 2.99. The standard InChI is InChI=1S/C13H6BF7O/c1-22-13-7(18)3-5(16)9(12(13)21)14-8-4(15)2-6(17)10(19)11(8)20/h2-3,14H,1H3. The van der Waals surface area contributed by atoms with Crippen molar-refractivity contribution in [2.24, 2.45) is 0 Å². The molecule has 2 aromatic rings. The van der Waals surface area contributed by atoms with Crippen LogP contribution in [0.1, 0.15) is 0 Å². The van der Waals surface area contributed by atoms with Gasteiger partial charge in [0.1, 0.15) is 11.6 Å². The van der Waals surface area contributed by atoms with Gasteiger partial charge in [0, 0.05) is 12.1 Å². The summed E-state index contributed by atoms with van der Waals surface area (Å²) < 4.78 is 98.1. The Labute approximate surface area is 120 Å². The van der Waals surface area contributed by atoms with E-state index in [0.717, 1.165) is 7.11 Å². The SMILES string of the molecule is COc1c(F)cc(F)c(Bc2c(F)cc(F)c(F)c2F)c1F. The van der Waals surface area contributed by atoms with Crippen LogP contribution in [0.3, 0.4) is 0 Å². The molecule has 0 unspecified atom stereocenters. The highest BCUT2D eigenvalue weighted by Crippen LogP contribution is 2.21. The lowest BCUT2D eigenvalue weighted by Gasteiger charge is -2.11. The molecule has 0 aliphatic heterocycles. The van der Waals surface area contributed by atoms with Crippen LogP contribution in [0, 0.1) is 40.7 Å². The molecule has 0 aromatic heterocycles. The summed E-state index contributed by atoms with van der Waals surface area (Å²) in [7, 11) is -0.189. The van der Waals surface area contributed by atoms with E-state index in [1.807, 2.05) is 0 Å². The third-order valence-corrected chi connectivity index (χ3v) is 2.99. The average Bonchev–Trinajstić information content (AvgIpc) is 2.44. The van der Waals surface area contributed by atoms with Crippen LogP contribution in [0.2, 0.25) is 0 Å². The Bertz CT molecular complexity index is 748. The Morgan fingerprint density at radius 2 is 1.18 bits per heavy atom. The minimum Gasteiger partial charge on any atom is -0.491 e. The summed E-state index contributed by atoms with van der Waals surface area (Å²) in [6, 6.07) is 0.303. The van der Waals surface area contributed by atoms with Crippen molar-refractivity contribution in [1.29, 1.82) is 0 Å². The lowest BCUT2D eigenvalue weighted by atomic mass is 9.63. The van der Waals surface area contributed by atoms with Gasteiger partial charge in [-0.25, -0.2) is 30.7 Å². The topological polar surface area (TPSA) is 9.23 Å². The van der Waals surface area contributed by atoms with E-state index in [1.165, 1.54) is 0 Å². The number of hydrogen-bond acceptors (Lipinski definition) is 1. The highest BCUT2D eigenvalue weighted by atomic mass is 19.2. The number of hydrogen-bond donors (Lipinski definition) is 0. The van der Waals surface area contributed by atoms with E-state index in [4.69, 9.17) is 0 Å². The summed E-state index contributed by atoms with van der Waals surface area (Å²) in [5.74, 6) is -12.5. The molecule has 2 aromatic carbocycles. The Balaban J connectivity index is 2.60. The molecule has 9 heteroatoms. The lowest BCUT2D eigenvalue weighted by molar-refractivity contribution is 0.358. The van der Waals surface area contributed by atoms with Crippen molar-refractivity contribution in [1.82, 2.24) is 0 Å². The molecular weight excluding hydrogens is 316 g/mol. The van der Waals surface area contributed by atoms with Crippen LogP contribution < -0.4 is 15.7 Å². The van der Waals surface area contributed by atoms with Crippen molar-refractivity contribution in [3.8, 4) is 5.75 Å².